The van der Waals surface area contributed by atoms with Gasteiger partial charge >= 0.3 is 0 Å². The molecule has 56 heavy (non-hydrogen) atoms. The van der Waals surface area contributed by atoms with Gasteiger partial charge in [-0.25, -0.2) is 29.9 Å². The number of aromatic nitrogens is 8. The van der Waals surface area contributed by atoms with E-state index in [9.17, 15) is 0 Å². The number of hydrogen-bond acceptors (Lipinski definition) is 6. The monoisotopic (exact) mass is 738 g/mol. The average Bonchev–Trinajstić information content (AvgIpc) is 3.92. The number of allylic oxidation sites excluding steroid dienone is 4. The van der Waals surface area contributed by atoms with E-state index < -0.39 is 0 Å². The molecule has 282 valence electrons. The van der Waals surface area contributed by atoms with Gasteiger partial charge in [-0.15, -0.1) is 0 Å². The zero-order valence-electron chi connectivity index (χ0n) is 33.7. The number of rotatable bonds is 4. The molecule has 5 aromatic rings. The molecule has 0 saturated heterocycles. The maximum Gasteiger partial charge on any atom is 0.164 e. The molecule has 8 aliphatic rings. The van der Waals surface area contributed by atoms with Crippen molar-refractivity contribution in [1.82, 2.24) is 39.9 Å². The summed E-state index contributed by atoms with van der Waals surface area (Å²) in [5.41, 5.74) is 17.8. The number of nitrogens with zero attached hydrogens (tertiary/aromatic N) is 6. The van der Waals surface area contributed by atoms with Crippen LogP contribution in [-0.2, 0) is 0 Å². The van der Waals surface area contributed by atoms with E-state index in [1.165, 1.54) is 70.2 Å². The Morgan fingerprint density at radius 1 is 0.375 bits per heavy atom. The fourth-order valence-corrected chi connectivity index (χ4v) is 10.9. The lowest BCUT2D eigenvalue weighted by Crippen LogP contribution is -2.17. The highest BCUT2D eigenvalue weighted by Gasteiger charge is 2.35. The SMILES string of the molecule is CC(C)c1c(C(C)C)c2nc3nc(nc4[nH]c(nc5nc(nc1[nH]2)-c1cc2c(cc1-5)C1C=CC2CC1)c(C(C)C)c4C(C)C)-c1cc2c(cc1-3)C1C=CC2CC1. The van der Waals surface area contributed by atoms with Crippen molar-refractivity contribution in [2.24, 2.45) is 0 Å². The molecule has 0 fully saturated rings. The first-order valence-electron chi connectivity index (χ1n) is 21.1. The second-order valence-corrected chi connectivity index (χ2v) is 18.3. The van der Waals surface area contributed by atoms with E-state index in [-0.39, 0.29) is 23.7 Å². The van der Waals surface area contributed by atoms with Gasteiger partial charge in [-0.2, -0.15) is 0 Å². The fourth-order valence-electron chi connectivity index (χ4n) is 10.9. The topological polar surface area (TPSA) is 109 Å². The van der Waals surface area contributed by atoms with Gasteiger partial charge in [0.2, 0.25) is 0 Å². The summed E-state index contributed by atoms with van der Waals surface area (Å²) < 4.78 is 0. The number of hydrogen-bond donors (Lipinski definition) is 2. The molecule has 5 heterocycles. The van der Waals surface area contributed by atoms with E-state index in [1.807, 2.05) is 0 Å². The Hall–Kier alpha value is -5.24. The molecular weight excluding hydrogens is 689 g/mol. The van der Waals surface area contributed by atoms with Crippen molar-refractivity contribution in [3.05, 3.63) is 93.1 Å². The lowest BCUT2D eigenvalue weighted by atomic mass is 9.70. The van der Waals surface area contributed by atoms with E-state index >= 15 is 0 Å². The van der Waals surface area contributed by atoms with Gasteiger partial charge in [0.25, 0.3) is 0 Å². The second-order valence-electron chi connectivity index (χ2n) is 18.3. The van der Waals surface area contributed by atoms with Crippen LogP contribution in [0.4, 0.5) is 0 Å². The van der Waals surface area contributed by atoms with Crippen molar-refractivity contribution < 1.29 is 0 Å². The third-order valence-electron chi connectivity index (χ3n) is 13.4. The van der Waals surface area contributed by atoms with Crippen molar-refractivity contribution in [3.8, 4) is 45.6 Å². The molecule has 0 radical (unpaired) electrons. The number of fused-ring (bicyclic) bond motifs is 16. The fraction of sp³-hybridized carbons (Fsp3) is 0.417. The van der Waals surface area contributed by atoms with Gasteiger partial charge in [-0.3, -0.25) is 0 Å². The predicted molar refractivity (Wildman–Crippen MR) is 225 cm³/mol. The Labute approximate surface area is 328 Å². The van der Waals surface area contributed by atoms with Crippen LogP contribution in [0, 0.1) is 0 Å². The van der Waals surface area contributed by atoms with Crippen LogP contribution in [0.2, 0.25) is 0 Å². The van der Waals surface area contributed by atoms with Crippen LogP contribution >= 0.6 is 0 Å². The maximum atomic E-state index is 5.46. The van der Waals surface area contributed by atoms with E-state index in [0.717, 1.165) is 44.8 Å². The van der Waals surface area contributed by atoms with Gasteiger partial charge in [0.1, 0.15) is 22.6 Å². The molecule has 2 aliphatic heterocycles. The largest absolute Gasteiger partial charge is 0.324 e. The minimum absolute atomic E-state index is 0.205. The first-order chi connectivity index (χ1) is 27.0. The Kier molecular flexibility index (Phi) is 7.37. The average molecular weight is 739 g/mol. The van der Waals surface area contributed by atoms with Crippen LogP contribution in [0.15, 0.2) is 48.6 Å². The molecule has 0 saturated carbocycles. The summed E-state index contributed by atoms with van der Waals surface area (Å²) in [5.74, 6) is 5.34. The molecule has 12 bridgehead atoms. The predicted octanol–water partition coefficient (Wildman–Crippen LogP) is 12.1. The molecular formula is C48H50N8. The van der Waals surface area contributed by atoms with Crippen molar-refractivity contribution in [1.29, 1.82) is 0 Å². The van der Waals surface area contributed by atoms with Crippen LogP contribution in [0.25, 0.3) is 68.1 Å². The Bertz CT molecular complexity index is 2390. The van der Waals surface area contributed by atoms with Gasteiger partial charge in [-0.05, 0) is 95.9 Å². The minimum atomic E-state index is 0.205. The summed E-state index contributed by atoms with van der Waals surface area (Å²) in [6.07, 6.45) is 14.4. The van der Waals surface area contributed by atoms with Crippen molar-refractivity contribution in [2.75, 3.05) is 0 Å². The van der Waals surface area contributed by atoms with Crippen molar-refractivity contribution >= 4 is 22.6 Å². The smallest absolute Gasteiger partial charge is 0.164 e. The molecule has 0 spiro atoms. The molecule has 4 atom stereocenters. The Morgan fingerprint density at radius 2 is 0.607 bits per heavy atom. The molecule has 0 amide bonds. The quantitative estimate of drug-likeness (QED) is 0.174. The van der Waals surface area contributed by atoms with Crippen molar-refractivity contribution in [2.45, 2.75) is 128 Å². The van der Waals surface area contributed by atoms with Gasteiger partial charge in [-0.1, -0.05) is 79.7 Å². The summed E-state index contributed by atoms with van der Waals surface area (Å²) in [7, 11) is 0. The summed E-state index contributed by atoms with van der Waals surface area (Å²) in [6.45, 7) is 18.0. The summed E-state index contributed by atoms with van der Waals surface area (Å²) >= 11 is 0. The lowest BCUT2D eigenvalue weighted by Gasteiger charge is -2.34. The number of benzene rings is 2. The highest BCUT2D eigenvalue weighted by Crippen LogP contribution is 2.51. The minimum Gasteiger partial charge on any atom is -0.324 e. The van der Waals surface area contributed by atoms with Gasteiger partial charge in [0.15, 0.2) is 23.3 Å². The third kappa shape index (κ3) is 4.89. The lowest BCUT2D eigenvalue weighted by molar-refractivity contribution is 0.554. The highest BCUT2D eigenvalue weighted by molar-refractivity contribution is 5.87. The molecule has 8 nitrogen and oxygen atoms in total. The van der Waals surface area contributed by atoms with E-state index in [1.54, 1.807) is 0 Å². The Balaban J connectivity index is 1.29. The molecule has 4 unspecified atom stereocenters. The normalized spacial score (nSPS) is 21.1. The van der Waals surface area contributed by atoms with Crippen molar-refractivity contribution in [3.63, 3.8) is 0 Å². The summed E-state index contributed by atoms with van der Waals surface area (Å²) in [5, 5.41) is 0. The molecule has 2 N–H and O–H groups in total. The van der Waals surface area contributed by atoms with E-state index in [4.69, 9.17) is 29.9 Å². The Morgan fingerprint density at radius 3 is 0.804 bits per heavy atom. The second kappa shape index (κ2) is 12.1. The molecule has 6 aliphatic carbocycles. The van der Waals surface area contributed by atoms with Crippen LogP contribution in [0.3, 0.4) is 0 Å². The summed E-state index contributed by atoms with van der Waals surface area (Å²) in [4.78, 5) is 40.0. The number of nitrogens with one attached hydrogen (secondary N) is 2. The van der Waals surface area contributed by atoms with Gasteiger partial charge in [0.05, 0.1) is 0 Å². The van der Waals surface area contributed by atoms with Gasteiger partial charge < -0.3 is 9.97 Å². The zero-order chi connectivity index (χ0) is 38.3. The van der Waals surface area contributed by atoms with Crippen LogP contribution < -0.4 is 0 Å². The first kappa shape index (κ1) is 34.0. The number of aromatic amines is 2. The van der Waals surface area contributed by atoms with Gasteiger partial charge in [0, 0.05) is 68.2 Å². The number of H-pyrrole nitrogens is 2. The molecule has 2 aromatic carbocycles. The molecule has 8 heteroatoms. The van der Waals surface area contributed by atoms with Crippen LogP contribution in [-0.4, -0.2) is 39.9 Å². The third-order valence-corrected chi connectivity index (χ3v) is 13.4. The molecule has 13 rings (SSSR count). The standard InChI is InChI=1S/C48H50N8/c1-21(2)37-38(22(3)4)46-52-42-35-19-31-27-13-15-28(16-14-27)32(31)20-36(35)44(50-42)54-48-40(24(7)8)39(23(5)6)47(56-48)53-43-34-18-30-26-11-9-25(10-12-26)29(30)17-33(34)41(49-43)51-45(37)55-46/h9,11,13,15,17-28H,10,12,14,16H2,1-8H3,(H2,49,50,51,52,53,54,55,56). The first-order valence-corrected chi connectivity index (χ1v) is 21.1. The zero-order valence-corrected chi connectivity index (χ0v) is 33.7. The maximum absolute atomic E-state index is 5.46. The van der Waals surface area contributed by atoms with E-state index in [0.29, 0.717) is 47.0 Å². The van der Waals surface area contributed by atoms with Crippen LogP contribution in [0.5, 0.6) is 0 Å². The van der Waals surface area contributed by atoms with Crippen LogP contribution in [0.1, 0.15) is 173 Å². The summed E-state index contributed by atoms with van der Waals surface area (Å²) in [6, 6.07) is 9.50. The molecule has 3 aromatic heterocycles. The highest BCUT2D eigenvalue weighted by atomic mass is 15.1. The van der Waals surface area contributed by atoms with E-state index in [2.05, 4.69) is 114 Å².